The molecule has 25 heavy (non-hydrogen) atoms. The van der Waals surface area contributed by atoms with Crippen molar-refractivity contribution in [2.45, 2.75) is 0 Å². The summed E-state index contributed by atoms with van der Waals surface area (Å²) in [7, 11) is 2.97. The number of methoxy groups -OCH3 is 2. The van der Waals surface area contributed by atoms with E-state index in [2.05, 4.69) is 16.2 Å². The highest BCUT2D eigenvalue weighted by atomic mass is 35.5. The summed E-state index contributed by atoms with van der Waals surface area (Å²) >= 11 is 11.6. The molecule has 0 radical (unpaired) electrons. The SMILES string of the molecule is COc1ccc(OC)c(NC(=O)NNC(=O)c2ccc(Cl)c(Cl)c2)c1. The molecule has 0 bridgehead atoms. The molecule has 0 aliphatic heterocycles. The van der Waals surface area contributed by atoms with Crippen LogP contribution in [0.3, 0.4) is 0 Å². The zero-order valence-corrected chi connectivity index (χ0v) is 14.9. The topological polar surface area (TPSA) is 88.7 Å². The maximum atomic E-state index is 12.0. The number of hydrazine groups is 1. The van der Waals surface area contributed by atoms with Crippen molar-refractivity contribution in [3.8, 4) is 11.5 Å². The first-order valence-corrected chi connectivity index (χ1v) is 7.74. The third-order valence-corrected chi connectivity index (χ3v) is 3.87. The van der Waals surface area contributed by atoms with Gasteiger partial charge in [0, 0.05) is 11.6 Å². The molecule has 2 rings (SSSR count). The van der Waals surface area contributed by atoms with Gasteiger partial charge in [0.25, 0.3) is 5.91 Å². The summed E-state index contributed by atoms with van der Waals surface area (Å²) in [5.41, 5.74) is 5.11. The van der Waals surface area contributed by atoms with Crippen molar-refractivity contribution in [3.63, 3.8) is 0 Å². The molecule has 0 saturated carbocycles. The first-order valence-electron chi connectivity index (χ1n) is 6.99. The monoisotopic (exact) mass is 383 g/mol. The quantitative estimate of drug-likeness (QED) is 0.705. The second-order valence-electron chi connectivity index (χ2n) is 4.73. The van der Waals surface area contributed by atoms with Gasteiger partial charge in [-0.1, -0.05) is 23.2 Å². The predicted molar refractivity (Wildman–Crippen MR) is 95.6 cm³/mol. The van der Waals surface area contributed by atoms with Crippen molar-refractivity contribution in [2.24, 2.45) is 0 Å². The van der Waals surface area contributed by atoms with E-state index in [1.807, 2.05) is 0 Å². The van der Waals surface area contributed by atoms with Crippen LogP contribution in [-0.2, 0) is 0 Å². The van der Waals surface area contributed by atoms with Gasteiger partial charge in [-0.3, -0.25) is 10.2 Å². The zero-order valence-electron chi connectivity index (χ0n) is 13.4. The van der Waals surface area contributed by atoms with Gasteiger partial charge in [-0.25, -0.2) is 10.2 Å². The lowest BCUT2D eigenvalue weighted by atomic mass is 10.2. The molecule has 132 valence electrons. The molecule has 0 atom stereocenters. The van der Waals surface area contributed by atoms with Gasteiger partial charge >= 0.3 is 6.03 Å². The van der Waals surface area contributed by atoms with E-state index in [4.69, 9.17) is 32.7 Å². The Kier molecular flexibility index (Phi) is 6.32. The predicted octanol–water partition coefficient (Wildman–Crippen LogP) is 3.48. The fourth-order valence-corrected chi connectivity index (χ4v) is 2.19. The molecule has 0 aromatic heterocycles. The van der Waals surface area contributed by atoms with E-state index in [1.54, 1.807) is 18.2 Å². The van der Waals surface area contributed by atoms with E-state index < -0.39 is 11.9 Å². The van der Waals surface area contributed by atoms with Crippen LogP contribution in [-0.4, -0.2) is 26.2 Å². The summed E-state index contributed by atoms with van der Waals surface area (Å²) in [5, 5.41) is 3.11. The van der Waals surface area contributed by atoms with E-state index >= 15 is 0 Å². The standard InChI is InChI=1S/C16H15Cl2N3O4/c1-24-10-4-6-14(25-2)13(8-10)19-16(23)21-20-15(22)9-3-5-11(17)12(18)7-9/h3-8H,1-2H3,(H,20,22)(H2,19,21,23). The normalized spacial score (nSPS) is 9.92. The van der Waals surface area contributed by atoms with E-state index in [-0.39, 0.29) is 10.6 Å². The number of nitrogens with one attached hydrogen (secondary N) is 3. The molecule has 2 aromatic rings. The smallest absolute Gasteiger partial charge is 0.338 e. The van der Waals surface area contributed by atoms with Crippen molar-refractivity contribution >= 4 is 40.8 Å². The number of benzene rings is 2. The Bertz CT molecular complexity index is 799. The average Bonchev–Trinajstić information content (AvgIpc) is 2.61. The van der Waals surface area contributed by atoms with Crippen LogP contribution in [0.2, 0.25) is 10.0 Å². The third-order valence-electron chi connectivity index (χ3n) is 3.13. The van der Waals surface area contributed by atoms with E-state index in [0.717, 1.165) is 0 Å². The summed E-state index contributed by atoms with van der Waals surface area (Å²) in [6, 6.07) is 8.61. The summed E-state index contributed by atoms with van der Waals surface area (Å²) in [5.74, 6) is 0.425. The molecule has 7 nitrogen and oxygen atoms in total. The number of carbonyl (C=O) groups is 2. The lowest BCUT2D eigenvalue weighted by molar-refractivity contribution is 0.0938. The van der Waals surface area contributed by atoms with Gasteiger partial charge in [0.05, 0.1) is 30.0 Å². The maximum Gasteiger partial charge on any atom is 0.338 e. The highest BCUT2D eigenvalue weighted by Gasteiger charge is 2.11. The molecule has 0 aliphatic carbocycles. The van der Waals surface area contributed by atoms with Gasteiger partial charge in [0.2, 0.25) is 0 Å². The molecule has 3 amide bonds. The van der Waals surface area contributed by atoms with E-state index in [1.165, 1.54) is 32.4 Å². The van der Waals surface area contributed by atoms with Crippen molar-refractivity contribution in [2.75, 3.05) is 19.5 Å². The number of carbonyl (C=O) groups excluding carboxylic acids is 2. The van der Waals surface area contributed by atoms with Gasteiger partial charge in [-0.2, -0.15) is 0 Å². The second-order valence-corrected chi connectivity index (χ2v) is 5.54. The lowest BCUT2D eigenvalue weighted by Crippen LogP contribution is -2.43. The summed E-state index contributed by atoms with van der Waals surface area (Å²) < 4.78 is 10.2. The van der Waals surface area contributed by atoms with Crippen LogP contribution < -0.4 is 25.6 Å². The van der Waals surface area contributed by atoms with Crippen molar-refractivity contribution < 1.29 is 19.1 Å². The molecule has 0 spiro atoms. The number of anilines is 1. The molecular weight excluding hydrogens is 369 g/mol. The van der Waals surface area contributed by atoms with Gasteiger partial charge in [-0.05, 0) is 30.3 Å². The fourth-order valence-electron chi connectivity index (χ4n) is 1.89. The first kappa shape index (κ1) is 18.7. The molecule has 0 heterocycles. The van der Waals surface area contributed by atoms with Crippen LogP contribution in [0.4, 0.5) is 10.5 Å². The van der Waals surface area contributed by atoms with Crippen LogP contribution in [0, 0.1) is 0 Å². The van der Waals surface area contributed by atoms with E-state index in [9.17, 15) is 9.59 Å². The lowest BCUT2D eigenvalue weighted by Gasteiger charge is -2.13. The van der Waals surface area contributed by atoms with Crippen molar-refractivity contribution in [3.05, 3.63) is 52.0 Å². The number of amides is 3. The van der Waals surface area contributed by atoms with Crippen molar-refractivity contribution in [1.82, 2.24) is 10.9 Å². The molecule has 0 fully saturated rings. The molecule has 0 unspecified atom stereocenters. The Morgan fingerprint density at radius 3 is 2.32 bits per heavy atom. The van der Waals surface area contributed by atoms with Gasteiger partial charge in [0.15, 0.2) is 0 Å². The molecule has 0 aliphatic rings. The Morgan fingerprint density at radius 1 is 0.920 bits per heavy atom. The Balaban J connectivity index is 1.98. The van der Waals surface area contributed by atoms with Crippen molar-refractivity contribution in [1.29, 1.82) is 0 Å². The van der Waals surface area contributed by atoms with Crippen LogP contribution >= 0.6 is 23.2 Å². The van der Waals surface area contributed by atoms with Crippen LogP contribution in [0.1, 0.15) is 10.4 Å². The minimum Gasteiger partial charge on any atom is -0.497 e. The van der Waals surface area contributed by atoms with Gasteiger partial charge < -0.3 is 14.8 Å². The molecule has 2 aromatic carbocycles. The third kappa shape index (κ3) is 4.91. The average molecular weight is 384 g/mol. The Morgan fingerprint density at radius 2 is 1.68 bits per heavy atom. The Hall–Kier alpha value is -2.64. The van der Waals surface area contributed by atoms with Crippen LogP contribution in [0.15, 0.2) is 36.4 Å². The molecule has 9 heteroatoms. The maximum absolute atomic E-state index is 12.0. The number of halogens is 2. The Labute approximate surface area is 154 Å². The summed E-state index contributed by atoms with van der Waals surface area (Å²) in [6.07, 6.45) is 0. The minimum absolute atomic E-state index is 0.236. The zero-order chi connectivity index (χ0) is 18.4. The number of hydrogen-bond donors (Lipinski definition) is 3. The number of rotatable bonds is 4. The highest BCUT2D eigenvalue weighted by Crippen LogP contribution is 2.28. The second kappa shape index (κ2) is 8.46. The van der Waals surface area contributed by atoms with Gasteiger partial charge in [0.1, 0.15) is 11.5 Å². The summed E-state index contributed by atoms with van der Waals surface area (Å²) in [4.78, 5) is 23.9. The highest BCUT2D eigenvalue weighted by molar-refractivity contribution is 6.42. The molecule has 0 saturated heterocycles. The van der Waals surface area contributed by atoms with Crippen LogP contribution in [0.25, 0.3) is 0 Å². The molecular formula is C16H15Cl2N3O4. The molecule has 3 N–H and O–H groups in total. The van der Waals surface area contributed by atoms with Crippen LogP contribution in [0.5, 0.6) is 11.5 Å². The fraction of sp³-hybridized carbons (Fsp3) is 0.125. The van der Waals surface area contributed by atoms with Gasteiger partial charge in [-0.15, -0.1) is 0 Å². The largest absolute Gasteiger partial charge is 0.497 e. The first-order chi connectivity index (χ1) is 11.9. The minimum atomic E-state index is -0.667. The van der Waals surface area contributed by atoms with E-state index in [0.29, 0.717) is 22.2 Å². The number of ether oxygens (including phenoxy) is 2. The number of urea groups is 1. The summed E-state index contributed by atoms with van der Waals surface area (Å²) in [6.45, 7) is 0. The number of hydrogen-bond acceptors (Lipinski definition) is 4.